The average molecular weight is 375 g/mol. The molecule has 1 aromatic heterocycles. The highest BCUT2D eigenvalue weighted by atomic mass is 35.5. The normalized spacial score (nSPS) is 16.9. The SMILES string of the molecule is CCCCS(=O)(=O)N1CCC(C(=O)OCc2ccc(Cl)nc2)CC1. The number of unbranched alkanes of at least 4 members (excludes halogenated alkanes) is 1. The highest BCUT2D eigenvalue weighted by Gasteiger charge is 2.31. The van der Waals surface area contributed by atoms with Crippen molar-refractivity contribution in [3.63, 3.8) is 0 Å². The Kier molecular flexibility index (Phi) is 7.01. The van der Waals surface area contributed by atoms with Gasteiger partial charge in [0.05, 0.1) is 11.7 Å². The first kappa shape index (κ1) is 19.1. The van der Waals surface area contributed by atoms with E-state index in [0.29, 0.717) is 37.5 Å². The Morgan fingerprint density at radius 2 is 2.08 bits per heavy atom. The number of carbonyl (C=O) groups is 1. The van der Waals surface area contributed by atoms with E-state index in [2.05, 4.69) is 4.98 Å². The molecule has 1 aliphatic rings. The standard InChI is InChI=1S/C16H23ClN2O4S/c1-2-3-10-24(21,22)19-8-6-14(7-9-19)16(20)23-12-13-4-5-15(17)18-11-13/h4-5,11,14H,2-3,6-10,12H2,1H3. The molecule has 1 aliphatic heterocycles. The molecule has 0 aromatic carbocycles. The number of ether oxygens (including phenoxy) is 1. The molecule has 0 spiro atoms. The summed E-state index contributed by atoms with van der Waals surface area (Å²) in [5.74, 6) is -0.347. The molecule has 1 aromatic rings. The van der Waals surface area contributed by atoms with Crippen molar-refractivity contribution in [2.45, 2.75) is 39.2 Å². The number of esters is 1. The van der Waals surface area contributed by atoms with Crippen molar-refractivity contribution >= 4 is 27.6 Å². The van der Waals surface area contributed by atoms with Crippen LogP contribution in [0.4, 0.5) is 0 Å². The van der Waals surface area contributed by atoms with Crippen molar-refractivity contribution in [2.24, 2.45) is 5.92 Å². The lowest BCUT2D eigenvalue weighted by Crippen LogP contribution is -2.41. The quantitative estimate of drug-likeness (QED) is 0.541. The maximum atomic E-state index is 12.2. The Labute approximate surface area is 148 Å². The summed E-state index contributed by atoms with van der Waals surface area (Å²) >= 11 is 5.71. The smallest absolute Gasteiger partial charge is 0.309 e. The minimum absolute atomic E-state index is 0.151. The molecule has 0 atom stereocenters. The first-order valence-electron chi connectivity index (χ1n) is 8.17. The molecule has 1 fully saturated rings. The lowest BCUT2D eigenvalue weighted by Gasteiger charge is -2.30. The molecule has 6 nitrogen and oxygen atoms in total. The molecule has 1 saturated heterocycles. The number of sulfonamides is 1. The minimum Gasteiger partial charge on any atom is -0.461 e. The number of halogens is 1. The van der Waals surface area contributed by atoms with Crippen molar-refractivity contribution < 1.29 is 17.9 Å². The van der Waals surface area contributed by atoms with Gasteiger partial charge in [0.1, 0.15) is 11.8 Å². The molecule has 134 valence electrons. The van der Waals surface area contributed by atoms with E-state index >= 15 is 0 Å². The summed E-state index contributed by atoms with van der Waals surface area (Å²) in [6.45, 7) is 2.88. The molecule has 8 heteroatoms. The van der Waals surface area contributed by atoms with E-state index in [9.17, 15) is 13.2 Å². The Bertz CT molecular complexity index is 641. The van der Waals surface area contributed by atoms with E-state index in [0.717, 1.165) is 12.0 Å². The summed E-state index contributed by atoms with van der Waals surface area (Å²) < 4.78 is 31.1. The van der Waals surface area contributed by atoms with Crippen LogP contribution in [0, 0.1) is 5.92 Å². The van der Waals surface area contributed by atoms with Crippen LogP contribution in [0.15, 0.2) is 18.3 Å². The molecule has 0 unspecified atom stereocenters. The largest absolute Gasteiger partial charge is 0.461 e. The van der Waals surface area contributed by atoms with Crippen molar-refractivity contribution in [1.29, 1.82) is 0 Å². The van der Waals surface area contributed by atoms with Crippen LogP contribution >= 0.6 is 11.6 Å². The van der Waals surface area contributed by atoms with Gasteiger partial charge in [0.15, 0.2) is 0 Å². The number of nitrogens with zero attached hydrogens (tertiary/aromatic N) is 2. The maximum Gasteiger partial charge on any atom is 0.309 e. The van der Waals surface area contributed by atoms with Crippen molar-refractivity contribution in [3.05, 3.63) is 29.0 Å². The number of pyridine rings is 1. The molecule has 24 heavy (non-hydrogen) atoms. The van der Waals surface area contributed by atoms with Crippen LogP contribution in [0.1, 0.15) is 38.2 Å². The van der Waals surface area contributed by atoms with Crippen LogP contribution in [0.5, 0.6) is 0 Å². The zero-order valence-corrected chi connectivity index (χ0v) is 15.4. The summed E-state index contributed by atoms with van der Waals surface area (Å²) in [6, 6.07) is 3.40. The number of hydrogen-bond donors (Lipinski definition) is 0. The van der Waals surface area contributed by atoms with Crippen LogP contribution in [0.2, 0.25) is 5.15 Å². The number of hydrogen-bond acceptors (Lipinski definition) is 5. The van der Waals surface area contributed by atoms with Gasteiger partial charge >= 0.3 is 5.97 Å². The fraction of sp³-hybridized carbons (Fsp3) is 0.625. The van der Waals surface area contributed by atoms with E-state index in [-0.39, 0.29) is 24.2 Å². The van der Waals surface area contributed by atoms with Crippen LogP contribution in [-0.2, 0) is 26.2 Å². The van der Waals surface area contributed by atoms with Gasteiger partial charge < -0.3 is 4.74 Å². The van der Waals surface area contributed by atoms with Crippen molar-refractivity contribution in [3.8, 4) is 0 Å². The van der Waals surface area contributed by atoms with Gasteiger partial charge in [0, 0.05) is 24.8 Å². The molecule has 0 aliphatic carbocycles. The number of carbonyl (C=O) groups excluding carboxylic acids is 1. The molecule has 2 rings (SSSR count). The zero-order chi connectivity index (χ0) is 17.6. The van der Waals surface area contributed by atoms with Gasteiger partial charge in [-0.3, -0.25) is 4.79 Å². The molecule has 0 amide bonds. The van der Waals surface area contributed by atoms with E-state index < -0.39 is 10.0 Å². The van der Waals surface area contributed by atoms with Crippen molar-refractivity contribution in [1.82, 2.24) is 9.29 Å². The van der Waals surface area contributed by atoms with Gasteiger partial charge in [-0.25, -0.2) is 17.7 Å². The van der Waals surface area contributed by atoms with Gasteiger partial charge in [-0.15, -0.1) is 0 Å². The Hall–Kier alpha value is -1.18. The van der Waals surface area contributed by atoms with Crippen LogP contribution in [0.3, 0.4) is 0 Å². The summed E-state index contributed by atoms with van der Waals surface area (Å²) in [7, 11) is -3.19. The number of rotatable bonds is 7. The third kappa shape index (κ3) is 5.43. The monoisotopic (exact) mass is 374 g/mol. The maximum absolute atomic E-state index is 12.2. The second-order valence-electron chi connectivity index (χ2n) is 5.94. The average Bonchev–Trinajstić information content (AvgIpc) is 2.59. The lowest BCUT2D eigenvalue weighted by molar-refractivity contribution is -0.151. The van der Waals surface area contributed by atoms with Gasteiger partial charge in [0.2, 0.25) is 10.0 Å². The molecule has 0 saturated carbocycles. The summed E-state index contributed by atoms with van der Waals surface area (Å²) in [4.78, 5) is 16.1. The molecule has 0 radical (unpaired) electrons. The second-order valence-corrected chi connectivity index (χ2v) is 8.42. The number of piperidine rings is 1. The Balaban J connectivity index is 1.79. The molecular weight excluding hydrogens is 352 g/mol. The third-order valence-electron chi connectivity index (χ3n) is 4.11. The molecule has 0 N–H and O–H groups in total. The predicted molar refractivity (Wildman–Crippen MR) is 92.0 cm³/mol. The Morgan fingerprint density at radius 1 is 1.38 bits per heavy atom. The predicted octanol–water partition coefficient (Wildman–Crippen LogP) is 2.62. The number of aromatic nitrogens is 1. The van der Waals surface area contributed by atoms with Crippen LogP contribution in [-0.4, -0.2) is 42.5 Å². The van der Waals surface area contributed by atoms with Crippen LogP contribution < -0.4 is 0 Å². The van der Waals surface area contributed by atoms with E-state index in [1.165, 1.54) is 4.31 Å². The zero-order valence-electron chi connectivity index (χ0n) is 13.8. The molecule has 2 heterocycles. The topological polar surface area (TPSA) is 76.6 Å². The summed E-state index contributed by atoms with van der Waals surface area (Å²) in [5.41, 5.74) is 0.771. The van der Waals surface area contributed by atoms with Gasteiger partial charge in [0.25, 0.3) is 0 Å². The fourth-order valence-corrected chi connectivity index (χ4v) is 4.38. The van der Waals surface area contributed by atoms with Gasteiger partial charge in [-0.2, -0.15) is 0 Å². The third-order valence-corrected chi connectivity index (χ3v) is 6.29. The highest BCUT2D eigenvalue weighted by Crippen LogP contribution is 2.22. The van der Waals surface area contributed by atoms with Crippen molar-refractivity contribution in [2.75, 3.05) is 18.8 Å². The highest BCUT2D eigenvalue weighted by molar-refractivity contribution is 7.89. The Morgan fingerprint density at radius 3 is 2.67 bits per heavy atom. The van der Waals surface area contributed by atoms with Crippen LogP contribution in [0.25, 0.3) is 0 Å². The lowest BCUT2D eigenvalue weighted by atomic mass is 9.98. The summed E-state index contributed by atoms with van der Waals surface area (Å²) in [5, 5.41) is 0.390. The second kappa shape index (κ2) is 8.78. The summed E-state index contributed by atoms with van der Waals surface area (Å²) in [6.07, 6.45) is 4.09. The van der Waals surface area contributed by atoms with E-state index in [1.807, 2.05) is 6.92 Å². The first-order chi connectivity index (χ1) is 11.4. The molecule has 0 bridgehead atoms. The minimum atomic E-state index is -3.19. The van der Waals surface area contributed by atoms with E-state index in [1.54, 1.807) is 18.3 Å². The van der Waals surface area contributed by atoms with Gasteiger partial charge in [-0.05, 0) is 25.3 Å². The molecular formula is C16H23ClN2O4S. The fourth-order valence-electron chi connectivity index (χ4n) is 2.59. The van der Waals surface area contributed by atoms with Gasteiger partial charge in [-0.1, -0.05) is 31.0 Å². The first-order valence-corrected chi connectivity index (χ1v) is 10.2. The van der Waals surface area contributed by atoms with E-state index in [4.69, 9.17) is 16.3 Å².